The molecule has 108 valence electrons. The smallest absolute Gasteiger partial charge is 0.0682 e. The Morgan fingerprint density at radius 2 is 1.14 bits per heavy atom. The normalized spacial score (nSPS) is 10.9. The van der Waals surface area contributed by atoms with Gasteiger partial charge in [0.2, 0.25) is 0 Å². The Balaban J connectivity index is 2.01. The highest BCUT2D eigenvalue weighted by Gasteiger charge is 2.04. The second kappa shape index (κ2) is 7.67. The van der Waals surface area contributed by atoms with Gasteiger partial charge in [0.15, 0.2) is 0 Å². The number of aryl methyl sites for hydroxylation is 2. The van der Waals surface area contributed by atoms with E-state index in [1.54, 1.807) is 0 Å². The lowest BCUT2D eigenvalue weighted by Gasteiger charge is -2.02. The molecule has 0 radical (unpaired) electrons. The summed E-state index contributed by atoms with van der Waals surface area (Å²) < 4.78 is 4.65. The number of hydrogen-bond acceptors (Lipinski definition) is 0. The number of benzene rings is 2. The average molecular weight is 314 g/mol. The molecule has 0 spiro atoms. The third-order valence-corrected chi connectivity index (χ3v) is 6.02. The summed E-state index contributed by atoms with van der Waals surface area (Å²) in [6, 6.07) is 13.1. The number of hydrogen-bond donors (Lipinski definition) is 0. The van der Waals surface area contributed by atoms with Crippen molar-refractivity contribution < 1.29 is 0 Å². The minimum atomic E-state index is 1.02. The van der Waals surface area contributed by atoms with Crippen LogP contribution in [-0.2, 0) is 12.3 Å². The molecule has 0 N–H and O–H groups in total. The maximum absolute atomic E-state index is 4.65. The summed E-state index contributed by atoms with van der Waals surface area (Å²) in [6.45, 7) is 8.75. The molecule has 0 aliphatic heterocycles. The first-order valence-corrected chi connectivity index (χ1v) is 9.29. The van der Waals surface area contributed by atoms with Crippen molar-refractivity contribution in [2.45, 2.75) is 40.0 Å². The molecule has 0 heterocycles. The third-order valence-electron chi connectivity index (χ3n) is 4.04. The topological polar surface area (TPSA) is 14.1 Å². The van der Waals surface area contributed by atoms with Crippen LogP contribution in [0.1, 0.15) is 33.4 Å². The van der Waals surface area contributed by atoms with Crippen molar-refractivity contribution in [3.05, 3.63) is 69.8 Å². The average Bonchev–Trinajstić information content (AvgIpc) is 2.47. The van der Waals surface area contributed by atoms with Gasteiger partial charge in [-0.15, -0.1) is 0 Å². The molecule has 0 aliphatic rings. The first-order chi connectivity index (χ1) is 10.1. The predicted molar refractivity (Wildman–Crippen MR) is 95.2 cm³/mol. The zero-order valence-corrected chi connectivity index (χ0v) is 15.0. The second-order valence-electron chi connectivity index (χ2n) is 5.41. The van der Waals surface area contributed by atoms with E-state index >= 15 is 0 Å². The molecule has 0 amide bonds. The maximum atomic E-state index is 4.65. The van der Waals surface area contributed by atoms with Crippen molar-refractivity contribution in [1.29, 1.82) is 0 Å². The quantitative estimate of drug-likeness (QED) is 0.489. The first kappa shape index (κ1) is 16.1. The fourth-order valence-electron chi connectivity index (χ4n) is 2.23. The molecule has 0 unspecified atom stereocenters. The van der Waals surface area contributed by atoms with E-state index in [0.717, 1.165) is 12.3 Å². The molecular weight excluding hydrogens is 292 g/mol. The van der Waals surface area contributed by atoms with E-state index in [0.29, 0.717) is 0 Å². The third kappa shape index (κ3) is 4.36. The minimum Gasteiger partial charge on any atom is -0.0682 e. The SMILES string of the molecule is Cc1cccc(CP=[N+]=PCc2cccc(C)c2C)c1C. The molecule has 0 saturated carbocycles. The van der Waals surface area contributed by atoms with Gasteiger partial charge in [0, 0.05) is 0 Å². The highest BCUT2D eigenvalue weighted by molar-refractivity contribution is 7.33. The van der Waals surface area contributed by atoms with Crippen LogP contribution in [0.3, 0.4) is 0 Å². The molecule has 0 bridgehead atoms. The summed E-state index contributed by atoms with van der Waals surface area (Å²) in [6.07, 6.45) is 2.04. The lowest BCUT2D eigenvalue weighted by atomic mass is 10.1. The molecule has 0 aliphatic carbocycles. The standard InChI is InChI=1S/C18H22NP2/c1-13-7-5-9-17(15(13)3)11-20-19-21-12-18-10-6-8-14(2)16(18)4/h5-10H,11-12H2,1-4H3/q+1. The van der Waals surface area contributed by atoms with Crippen molar-refractivity contribution in [2.75, 3.05) is 0 Å². The number of nitrogens with zero attached hydrogens (tertiary/aromatic N) is 1. The van der Waals surface area contributed by atoms with E-state index in [9.17, 15) is 0 Å². The van der Waals surface area contributed by atoms with Crippen LogP contribution in [-0.4, -0.2) is 0 Å². The molecule has 2 rings (SSSR count). The maximum Gasteiger partial charge on any atom is 0.366 e. The summed E-state index contributed by atoms with van der Waals surface area (Å²) in [7, 11) is 2.33. The fourth-order valence-corrected chi connectivity index (χ4v) is 4.08. The molecule has 21 heavy (non-hydrogen) atoms. The monoisotopic (exact) mass is 314 g/mol. The van der Waals surface area contributed by atoms with Gasteiger partial charge in [0.1, 0.15) is 0 Å². The second-order valence-corrected chi connectivity index (χ2v) is 7.32. The largest absolute Gasteiger partial charge is 0.366 e. The van der Waals surface area contributed by atoms with E-state index < -0.39 is 0 Å². The van der Waals surface area contributed by atoms with Crippen LogP contribution in [0.2, 0.25) is 0 Å². The summed E-state index contributed by atoms with van der Waals surface area (Å²) in [5.41, 5.74) is 8.40. The Labute approximate surface area is 131 Å². The van der Waals surface area contributed by atoms with E-state index in [-0.39, 0.29) is 0 Å². The van der Waals surface area contributed by atoms with Crippen LogP contribution in [0.15, 0.2) is 36.4 Å². The van der Waals surface area contributed by atoms with Crippen molar-refractivity contribution in [1.82, 2.24) is 4.17 Å². The molecule has 1 nitrogen and oxygen atoms in total. The predicted octanol–water partition coefficient (Wildman–Crippen LogP) is 5.95. The van der Waals surface area contributed by atoms with Gasteiger partial charge in [-0.25, -0.2) is 0 Å². The van der Waals surface area contributed by atoms with Gasteiger partial charge >= 0.3 is 16.7 Å². The highest BCUT2D eigenvalue weighted by atomic mass is 31.1. The lowest BCUT2D eigenvalue weighted by molar-refractivity contribution is 1.24. The van der Waals surface area contributed by atoms with Crippen LogP contribution >= 0.6 is 16.7 Å². The Morgan fingerprint density at radius 3 is 1.57 bits per heavy atom. The zero-order chi connectivity index (χ0) is 15.2. The van der Waals surface area contributed by atoms with Gasteiger partial charge in [-0.3, -0.25) is 0 Å². The van der Waals surface area contributed by atoms with E-state index in [1.165, 1.54) is 50.1 Å². The molecule has 0 atom stereocenters. The molecule has 0 saturated heterocycles. The van der Waals surface area contributed by atoms with E-state index in [4.69, 9.17) is 0 Å². The number of rotatable bonds is 4. The fraction of sp³-hybridized carbons (Fsp3) is 0.333. The van der Waals surface area contributed by atoms with Gasteiger partial charge < -0.3 is 0 Å². The van der Waals surface area contributed by atoms with Crippen molar-refractivity contribution in [3.8, 4) is 0 Å². The van der Waals surface area contributed by atoms with Crippen molar-refractivity contribution >= 4 is 16.7 Å². The summed E-state index contributed by atoms with van der Waals surface area (Å²) in [5, 5.41) is 0. The summed E-state index contributed by atoms with van der Waals surface area (Å²) >= 11 is 0. The van der Waals surface area contributed by atoms with Crippen LogP contribution in [0.5, 0.6) is 0 Å². The van der Waals surface area contributed by atoms with Crippen LogP contribution in [0, 0.1) is 27.7 Å². The Hall–Kier alpha value is -1.25. The molecule has 0 fully saturated rings. The van der Waals surface area contributed by atoms with Gasteiger partial charge in [-0.2, -0.15) is 0 Å². The molecule has 3 heteroatoms. The molecule has 2 aromatic carbocycles. The van der Waals surface area contributed by atoms with Crippen LogP contribution < -0.4 is 4.17 Å². The summed E-state index contributed by atoms with van der Waals surface area (Å²) in [5.74, 6) is 0. The van der Waals surface area contributed by atoms with Crippen LogP contribution in [0.4, 0.5) is 0 Å². The van der Waals surface area contributed by atoms with Crippen LogP contribution in [0.25, 0.3) is 0 Å². The van der Waals surface area contributed by atoms with Gasteiger partial charge in [0.25, 0.3) is 0 Å². The van der Waals surface area contributed by atoms with E-state index in [2.05, 4.69) is 68.3 Å². The Kier molecular flexibility index (Phi) is 5.89. The highest BCUT2D eigenvalue weighted by Crippen LogP contribution is 2.19. The van der Waals surface area contributed by atoms with Crippen molar-refractivity contribution in [2.24, 2.45) is 0 Å². The van der Waals surface area contributed by atoms with E-state index in [1.807, 2.05) is 0 Å². The van der Waals surface area contributed by atoms with Gasteiger partial charge in [-0.05, 0) is 61.1 Å². The van der Waals surface area contributed by atoms with Gasteiger partial charge in [0.05, 0.1) is 12.3 Å². The minimum absolute atomic E-state index is 1.02. The first-order valence-electron chi connectivity index (χ1n) is 7.23. The molecule has 2 aromatic rings. The van der Waals surface area contributed by atoms with Crippen molar-refractivity contribution in [3.63, 3.8) is 0 Å². The van der Waals surface area contributed by atoms with Gasteiger partial charge in [-0.1, -0.05) is 40.6 Å². The Bertz CT molecular complexity index is 641. The molecular formula is C18H22NP2+. The zero-order valence-electron chi connectivity index (χ0n) is 13.2. The molecule has 0 aromatic heterocycles. The summed E-state index contributed by atoms with van der Waals surface area (Å²) in [4.78, 5) is 0. The lowest BCUT2D eigenvalue weighted by Crippen LogP contribution is -1.88. The Morgan fingerprint density at radius 1 is 0.714 bits per heavy atom.